The summed E-state index contributed by atoms with van der Waals surface area (Å²) in [5, 5.41) is 20.2. The summed E-state index contributed by atoms with van der Waals surface area (Å²) in [4.78, 5) is 0. The van der Waals surface area contributed by atoms with E-state index in [0.29, 0.717) is 6.54 Å². The highest BCUT2D eigenvalue weighted by Crippen LogP contribution is 2.21. The molecule has 6 heteroatoms. The fourth-order valence-corrected chi connectivity index (χ4v) is 1.93. The van der Waals surface area contributed by atoms with E-state index in [9.17, 15) is 5.11 Å². The molecule has 1 heterocycles. The lowest BCUT2D eigenvalue weighted by molar-refractivity contribution is 0.282. The molecule has 0 bridgehead atoms. The van der Waals surface area contributed by atoms with E-state index in [4.69, 9.17) is 0 Å². The van der Waals surface area contributed by atoms with E-state index in [-0.39, 0.29) is 6.61 Å². The molecule has 1 aromatic carbocycles. The van der Waals surface area contributed by atoms with Crippen molar-refractivity contribution in [3.05, 3.63) is 40.1 Å². The lowest BCUT2D eigenvalue weighted by Gasteiger charge is -2.10. The summed E-state index contributed by atoms with van der Waals surface area (Å²) in [6.45, 7) is 0.629. The van der Waals surface area contributed by atoms with Gasteiger partial charge in [-0.25, -0.2) is 0 Å². The van der Waals surface area contributed by atoms with E-state index >= 15 is 0 Å². The summed E-state index contributed by atoms with van der Waals surface area (Å²) in [5.41, 5.74) is 2.75. The van der Waals surface area contributed by atoms with Gasteiger partial charge in [0.1, 0.15) is 0 Å². The van der Waals surface area contributed by atoms with Gasteiger partial charge in [0.25, 0.3) is 0 Å². The Morgan fingerprint density at radius 1 is 1.47 bits per heavy atom. The van der Waals surface area contributed by atoms with E-state index in [2.05, 4.69) is 31.6 Å². The standard InChI is InChI=1S/C11H13BrN4O/c1-16-10(6-14-15-16)5-13-11-3-2-9(12)4-8(11)7-17/h2-4,6,13,17H,5,7H2,1H3. The first-order chi connectivity index (χ1) is 8.20. The Balaban J connectivity index is 2.11. The van der Waals surface area contributed by atoms with E-state index in [1.165, 1.54) is 0 Å². The summed E-state index contributed by atoms with van der Waals surface area (Å²) in [5.74, 6) is 0. The number of halogens is 1. The Hall–Kier alpha value is -1.40. The zero-order valence-corrected chi connectivity index (χ0v) is 11.0. The molecule has 0 aliphatic heterocycles. The molecule has 0 aliphatic carbocycles. The van der Waals surface area contributed by atoms with Gasteiger partial charge in [0.15, 0.2) is 0 Å². The van der Waals surface area contributed by atoms with E-state index in [1.807, 2.05) is 25.2 Å². The van der Waals surface area contributed by atoms with Crippen LogP contribution >= 0.6 is 15.9 Å². The molecule has 17 heavy (non-hydrogen) atoms. The summed E-state index contributed by atoms with van der Waals surface area (Å²) in [7, 11) is 1.85. The van der Waals surface area contributed by atoms with Crippen LogP contribution in [0, 0.1) is 0 Å². The van der Waals surface area contributed by atoms with Crippen LogP contribution in [0.25, 0.3) is 0 Å². The van der Waals surface area contributed by atoms with Crippen LogP contribution in [0.5, 0.6) is 0 Å². The van der Waals surface area contributed by atoms with Crippen molar-refractivity contribution in [2.24, 2.45) is 7.05 Å². The monoisotopic (exact) mass is 296 g/mol. The number of aryl methyl sites for hydroxylation is 1. The Bertz CT molecular complexity index is 512. The van der Waals surface area contributed by atoms with Crippen LogP contribution in [0.1, 0.15) is 11.3 Å². The smallest absolute Gasteiger partial charge is 0.0774 e. The Kier molecular flexibility index (Phi) is 3.75. The van der Waals surface area contributed by atoms with Crippen LogP contribution in [-0.4, -0.2) is 20.1 Å². The molecule has 0 atom stereocenters. The summed E-state index contributed by atoms with van der Waals surface area (Å²) >= 11 is 3.38. The Labute approximate surface area is 108 Å². The molecule has 90 valence electrons. The summed E-state index contributed by atoms with van der Waals surface area (Å²) in [6.07, 6.45) is 1.71. The van der Waals surface area contributed by atoms with Gasteiger partial charge in [0, 0.05) is 22.8 Å². The third-order valence-corrected chi connectivity index (χ3v) is 3.00. The van der Waals surface area contributed by atoms with Crippen LogP contribution in [0.4, 0.5) is 5.69 Å². The molecule has 0 aliphatic rings. The highest BCUT2D eigenvalue weighted by atomic mass is 79.9. The maximum Gasteiger partial charge on any atom is 0.0774 e. The molecular weight excluding hydrogens is 284 g/mol. The fraction of sp³-hybridized carbons (Fsp3) is 0.273. The summed E-state index contributed by atoms with van der Waals surface area (Å²) < 4.78 is 2.67. The Morgan fingerprint density at radius 2 is 2.29 bits per heavy atom. The van der Waals surface area contributed by atoms with Crippen molar-refractivity contribution in [3.63, 3.8) is 0 Å². The predicted molar refractivity (Wildman–Crippen MR) is 68.4 cm³/mol. The van der Waals surface area contributed by atoms with Crippen molar-refractivity contribution < 1.29 is 5.11 Å². The lowest BCUT2D eigenvalue weighted by Crippen LogP contribution is -2.07. The van der Waals surface area contributed by atoms with Crippen molar-refractivity contribution in [3.8, 4) is 0 Å². The van der Waals surface area contributed by atoms with Crippen LogP contribution in [0.3, 0.4) is 0 Å². The molecular formula is C11H13BrN4O. The molecule has 1 aromatic heterocycles. The van der Waals surface area contributed by atoms with Crippen molar-refractivity contribution in [2.45, 2.75) is 13.2 Å². The number of aliphatic hydroxyl groups excluding tert-OH is 1. The second kappa shape index (κ2) is 5.29. The van der Waals surface area contributed by atoms with Crippen LogP contribution in [-0.2, 0) is 20.2 Å². The molecule has 0 spiro atoms. The second-order valence-electron chi connectivity index (χ2n) is 3.66. The molecule has 0 amide bonds. The zero-order valence-electron chi connectivity index (χ0n) is 9.39. The number of aliphatic hydroxyl groups is 1. The number of hydrogen-bond acceptors (Lipinski definition) is 4. The van der Waals surface area contributed by atoms with Gasteiger partial charge in [0.2, 0.25) is 0 Å². The van der Waals surface area contributed by atoms with Gasteiger partial charge >= 0.3 is 0 Å². The number of anilines is 1. The van der Waals surface area contributed by atoms with Gasteiger partial charge in [-0.1, -0.05) is 21.1 Å². The first-order valence-corrected chi connectivity index (χ1v) is 5.96. The number of aromatic nitrogens is 3. The van der Waals surface area contributed by atoms with Gasteiger partial charge in [-0.15, -0.1) is 5.10 Å². The molecule has 2 rings (SSSR count). The largest absolute Gasteiger partial charge is 0.392 e. The van der Waals surface area contributed by atoms with Crippen LogP contribution in [0.2, 0.25) is 0 Å². The zero-order chi connectivity index (χ0) is 12.3. The van der Waals surface area contributed by atoms with E-state index in [0.717, 1.165) is 21.4 Å². The van der Waals surface area contributed by atoms with Gasteiger partial charge in [-0.3, -0.25) is 4.68 Å². The molecule has 0 radical (unpaired) electrons. The maximum absolute atomic E-state index is 9.26. The number of nitrogens with one attached hydrogen (secondary N) is 1. The fourth-order valence-electron chi connectivity index (χ4n) is 1.52. The lowest BCUT2D eigenvalue weighted by atomic mass is 10.2. The molecule has 5 nitrogen and oxygen atoms in total. The molecule has 2 aromatic rings. The predicted octanol–water partition coefficient (Wildman–Crippen LogP) is 1.68. The average Bonchev–Trinajstić information content (AvgIpc) is 2.73. The van der Waals surface area contributed by atoms with E-state index in [1.54, 1.807) is 10.9 Å². The maximum atomic E-state index is 9.26. The SMILES string of the molecule is Cn1nncc1CNc1ccc(Br)cc1CO. The number of nitrogens with zero attached hydrogens (tertiary/aromatic N) is 3. The van der Waals surface area contributed by atoms with Crippen molar-refractivity contribution in [1.29, 1.82) is 0 Å². The average molecular weight is 297 g/mol. The first kappa shape index (κ1) is 12.1. The molecule has 0 saturated carbocycles. The van der Waals surface area contributed by atoms with Gasteiger partial charge in [-0.2, -0.15) is 0 Å². The van der Waals surface area contributed by atoms with Crippen molar-refractivity contribution in [2.75, 3.05) is 5.32 Å². The minimum Gasteiger partial charge on any atom is -0.392 e. The van der Waals surface area contributed by atoms with Gasteiger partial charge < -0.3 is 10.4 Å². The number of hydrogen-bond donors (Lipinski definition) is 2. The molecule has 2 N–H and O–H groups in total. The molecule has 0 saturated heterocycles. The van der Waals surface area contributed by atoms with Gasteiger partial charge in [0.05, 0.1) is 25.0 Å². The number of benzene rings is 1. The van der Waals surface area contributed by atoms with Crippen molar-refractivity contribution in [1.82, 2.24) is 15.0 Å². The highest BCUT2D eigenvalue weighted by molar-refractivity contribution is 9.10. The Morgan fingerprint density at radius 3 is 2.94 bits per heavy atom. The second-order valence-corrected chi connectivity index (χ2v) is 4.58. The van der Waals surface area contributed by atoms with Crippen molar-refractivity contribution >= 4 is 21.6 Å². The number of rotatable bonds is 4. The van der Waals surface area contributed by atoms with Crippen LogP contribution in [0.15, 0.2) is 28.9 Å². The first-order valence-electron chi connectivity index (χ1n) is 5.17. The third kappa shape index (κ3) is 2.83. The minimum absolute atomic E-state index is 0.00537. The topological polar surface area (TPSA) is 63.0 Å². The third-order valence-electron chi connectivity index (χ3n) is 2.51. The normalized spacial score (nSPS) is 10.5. The quantitative estimate of drug-likeness (QED) is 0.901. The van der Waals surface area contributed by atoms with Gasteiger partial charge in [-0.05, 0) is 18.2 Å². The minimum atomic E-state index is 0.00537. The van der Waals surface area contributed by atoms with E-state index < -0.39 is 0 Å². The van der Waals surface area contributed by atoms with Crippen LogP contribution < -0.4 is 5.32 Å². The summed E-state index contributed by atoms with van der Waals surface area (Å²) in [6, 6.07) is 5.76. The highest BCUT2D eigenvalue weighted by Gasteiger charge is 2.04. The molecule has 0 unspecified atom stereocenters. The molecule has 0 fully saturated rings.